The van der Waals surface area contributed by atoms with Crippen molar-refractivity contribution in [1.82, 2.24) is 15.1 Å². The van der Waals surface area contributed by atoms with Gasteiger partial charge >= 0.3 is 6.09 Å². The van der Waals surface area contributed by atoms with Crippen molar-refractivity contribution in [2.45, 2.75) is 46.4 Å². The van der Waals surface area contributed by atoms with Gasteiger partial charge in [0.2, 0.25) is 0 Å². The Bertz CT molecular complexity index is 417. The summed E-state index contributed by atoms with van der Waals surface area (Å²) in [6, 6.07) is 0. The van der Waals surface area contributed by atoms with Gasteiger partial charge in [-0.1, -0.05) is 0 Å². The van der Waals surface area contributed by atoms with Gasteiger partial charge in [0.25, 0.3) is 0 Å². The van der Waals surface area contributed by atoms with Crippen LogP contribution < -0.4 is 0 Å². The van der Waals surface area contributed by atoms with Gasteiger partial charge in [0.05, 0.1) is 18.8 Å². The first-order valence-electron chi connectivity index (χ1n) is 5.37. The van der Waals surface area contributed by atoms with E-state index >= 15 is 0 Å². The summed E-state index contributed by atoms with van der Waals surface area (Å²) in [5, 5.41) is 7.07. The average Bonchev–Trinajstić information content (AvgIpc) is 2.65. The van der Waals surface area contributed by atoms with Gasteiger partial charge in [0.1, 0.15) is 5.60 Å². The molecule has 0 spiro atoms. The molecule has 0 aromatic carbocycles. The van der Waals surface area contributed by atoms with E-state index in [9.17, 15) is 4.79 Å². The lowest BCUT2D eigenvalue weighted by molar-refractivity contribution is 0.0239. The van der Waals surface area contributed by atoms with E-state index < -0.39 is 5.60 Å². The number of aromatic nitrogens is 2. The summed E-state index contributed by atoms with van der Waals surface area (Å²) < 4.78 is 5.31. The number of amides is 1. The molecule has 2 rings (SSSR count). The van der Waals surface area contributed by atoms with Crippen molar-refractivity contribution >= 4 is 6.09 Å². The average molecular weight is 223 g/mol. The van der Waals surface area contributed by atoms with E-state index in [0.717, 1.165) is 17.0 Å². The number of nitrogens with one attached hydrogen (secondary N) is 1. The van der Waals surface area contributed by atoms with E-state index in [0.29, 0.717) is 13.1 Å². The fraction of sp³-hybridized carbons (Fsp3) is 0.636. The number of hydrogen-bond acceptors (Lipinski definition) is 3. The molecule has 88 valence electrons. The first-order valence-corrected chi connectivity index (χ1v) is 5.37. The fourth-order valence-electron chi connectivity index (χ4n) is 1.73. The van der Waals surface area contributed by atoms with Crippen LogP contribution in [0.3, 0.4) is 0 Å². The molecular formula is C11H17N3O2. The summed E-state index contributed by atoms with van der Waals surface area (Å²) in [6.45, 7) is 8.69. The number of carbonyl (C=O) groups excluding carboxylic acids is 1. The Labute approximate surface area is 94.8 Å². The molecule has 0 aliphatic carbocycles. The van der Waals surface area contributed by atoms with Crippen molar-refractivity contribution in [1.29, 1.82) is 0 Å². The minimum atomic E-state index is -0.446. The standard InChI is InChI=1S/C11H17N3O2/c1-7-8-5-14(6-9(8)13-12-7)10(15)16-11(2,3)4/h5-6H2,1-4H3,(H,12,13). The summed E-state index contributed by atoms with van der Waals surface area (Å²) in [5.74, 6) is 0. The monoisotopic (exact) mass is 223 g/mol. The maximum atomic E-state index is 11.8. The molecule has 1 aliphatic heterocycles. The number of fused-ring (bicyclic) bond motifs is 1. The Morgan fingerprint density at radius 3 is 2.69 bits per heavy atom. The van der Waals surface area contributed by atoms with E-state index in [2.05, 4.69) is 10.2 Å². The first-order chi connectivity index (χ1) is 7.37. The predicted octanol–water partition coefficient (Wildman–Crippen LogP) is 1.97. The second-order valence-corrected chi connectivity index (χ2v) is 5.11. The lowest BCUT2D eigenvalue weighted by Crippen LogP contribution is -2.33. The van der Waals surface area contributed by atoms with E-state index in [1.54, 1.807) is 4.90 Å². The Hall–Kier alpha value is -1.52. The summed E-state index contributed by atoms with van der Waals surface area (Å²) in [6.07, 6.45) is -0.273. The van der Waals surface area contributed by atoms with Crippen LogP contribution in [0.4, 0.5) is 4.79 Å². The number of rotatable bonds is 0. The second-order valence-electron chi connectivity index (χ2n) is 5.11. The number of carbonyl (C=O) groups is 1. The maximum Gasteiger partial charge on any atom is 0.410 e. The first kappa shape index (κ1) is 11.0. The van der Waals surface area contributed by atoms with Gasteiger partial charge in [-0.15, -0.1) is 0 Å². The number of ether oxygens (including phenoxy) is 1. The van der Waals surface area contributed by atoms with Crippen LogP contribution in [0.25, 0.3) is 0 Å². The molecular weight excluding hydrogens is 206 g/mol. The number of hydrogen-bond donors (Lipinski definition) is 1. The summed E-state index contributed by atoms with van der Waals surface area (Å²) in [4.78, 5) is 13.5. The summed E-state index contributed by atoms with van der Waals surface area (Å²) in [7, 11) is 0. The van der Waals surface area contributed by atoms with Crippen LogP contribution in [0.2, 0.25) is 0 Å². The molecule has 1 N–H and O–H groups in total. The van der Waals surface area contributed by atoms with Crippen LogP contribution in [0.1, 0.15) is 37.7 Å². The molecule has 0 saturated heterocycles. The lowest BCUT2D eigenvalue weighted by atomic mass is 10.2. The van der Waals surface area contributed by atoms with Crippen molar-refractivity contribution in [3.8, 4) is 0 Å². The molecule has 1 aliphatic rings. The van der Waals surface area contributed by atoms with Crippen molar-refractivity contribution < 1.29 is 9.53 Å². The molecule has 16 heavy (non-hydrogen) atoms. The molecule has 1 aromatic heterocycles. The van der Waals surface area contributed by atoms with E-state index in [4.69, 9.17) is 4.74 Å². The third kappa shape index (κ3) is 2.03. The zero-order chi connectivity index (χ0) is 11.9. The van der Waals surface area contributed by atoms with Gasteiger partial charge in [-0.3, -0.25) is 10.00 Å². The quantitative estimate of drug-likeness (QED) is 0.731. The number of aromatic amines is 1. The molecule has 0 fully saturated rings. The highest BCUT2D eigenvalue weighted by molar-refractivity contribution is 5.69. The van der Waals surface area contributed by atoms with Gasteiger partial charge in [-0.05, 0) is 27.7 Å². The van der Waals surface area contributed by atoms with Gasteiger partial charge in [0.15, 0.2) is 0 Å². The third-order valence-electron chi connectivity index (χ3n) is 2.50. The maximum absolute atomic E-state index is 11.8. The third-order valence-corrected chi connectivity index (χ3v) is 2.50. The SMILES string of the molecule is Cc1[nH]nc2c1CN(C(=O)OC(C)(C)C)C2. The number of aryl methyl sites for hydroxylation is 1. The highest BCUT2D eigenvalue weighted by Crippen LogP contribution is 2.24. The van der Waals surface area contributed by atoms with Crippen molar-refractivity contribution in [3.63, 3.8) is 0 Å². The Kier molecular flexibility index (Phi) is 2.40. The predicted molar refractivity (Wildman–Crippen MR) is 58.8 cm³/mol. The highest BCUT2D eigenvalue weighted by Gasteiger charge is 2.30. The zero-order valence-electron chi connectivity index (χ0n) is 10.1. The van der Waals surface area contributed by atoms with Crippen LogP contribution in [-0.2, 0) is 17.8 Å². The molecule has 0 saturated carbocycles. The largest absolute Gasteiger partial charge is 0.444 e. The van der Waals surface area contributed by atoms with Crippen LogP contribution in [0.5, 0.6) is 0 Å². The summed E-state index contributed by atoms with van der Waals surface area (Å²) >= 11 is 0. The number of nitrogens with zero attached hydrogens (tertiary/aromatic N) is 2. The van der Waals surface area contributed by atoms with Crippen molar-refractivity contribution in [2.75, 3.05) is 0 Å². The molecule has 0 atom stereocenters. The summed E-state index contributed by atoms with van der Waals surface area (Å²) in [5.41, 5.74) is 2.65. The second kappa shape index (κ2) is 3.50. The molecule has 5 heteroatoms. The van der Waals surface area contributed by atoms with Crippen LogP contribution in [0, 0.1) is 6.92 Å². The van der Waals surface area contributed by atoms with Crippen LogP contribution in [-0.4, -0.2) is 26.8 Å². The molecule has 2 heterocycles. The highest BCUT2D eigenvalue weighted by atomic mass is 16.6. The topological polar surface area (TPSA) is 58.2 Å². The Balaban J connectivity index is 2.04. The van der Waals surface area contributed by atoms with Gasteiger partial charge in [-0.2, -0.15) is 5.10 Å². The lowest BCUT2D eigenvalue weighted by Gasteiger charge is -2.24. The smallest absolute Gasteiger partial charge is 0.410 e. The fourth-order valence-corrected chi connectivity index (χ4v) is 1.73. The van der Waals surface area contributed by atoms with E-state index in [1.165, 1.54) is 0 Å². The van der Waals surface area contributed by atoms with E-state index in [1.807, 2.05) is 27.7 Å². The molecule has 5 nitrogen and oxygen atoms in total. The van der Waals surface area contributed by atoms with Crippen LogP contribution in [0.15, 0.2) is 0 Å². The van der Waals surface area contributed by atoms with Crippen molar-refractivity contribution in [3.05, 3.63) is 17.0 Å². The molecule has 1 aromatic rings. The van der Waals surface area contributed by atoms with Gasteiger partial charge in [0, 0.05) is 11.3 Å². The number of H-pyrrole nitrogens is 1. The van der Waals surface area contributed by atoms with E-state index in [-0.39, 0.29) is 6.09 Å². The Morgan fingerprint density at radius 2 is 2.12 bits per heavy atom. The molecule has 0 unspecified atom stereocenters. The zero-order valence-corrected chi connectivity index (χ0v) is 10.1. The molecule has 0 bridgehead atoms. The minimum Gasteiger partial charge on any atom is -0.444 e. The van der Waals surface area contributed by atoms with Crippen molar-refractivity contribution in [2.24, 2.45) is 0 Å². The molecule has 0 radical (unpaired) electrons. The minimum absolute atomic E-state index is 0.273. The van der Waals surface area contributed by atoms with Gasteiger partial charge < -0.3 is 4.74 Å². The van der Waals surface area contributed by atoms with Gasteiger partial charge in [-0.25, -0.2) is 4.79 Å². The molecule has 1 amide bonds. The normalized spacial score (nSPS) is 15.1. The van der Waals surface area contributed by atoms with Crippen LogP contribution >= 0.6 is 0 Å². The Morgan fingerprint density at radius 1 is 1.44 bits per heavy atom.